The van der Waals surface area contributed by atoms with Crippen molar-refractivity contribution < 1.29 is 4.74 Å². The van der Waals surface area contributed by atoms with Crippen LogP contribution in [0.25, 0.3) is 0 Å². The minimum atomic E-state index is 0.382. The number of anilines is 1. The Balaban J connectivity index is 2.29. The van der Waals surface area contributed by atoms with Crippen molar-refractivity contribution in [2.24, 2.45) is 0 Å². The largest absolute Gasteiger partial charge is 0.377 e. The summed E-state index contributed by atoms with van der Waals surface area (Å²) in [4.78, 5) is 6.88. The van der Waals surface area contributed by atoms with Gasteiger partial charge in [-0.2, -0.15) is 0 Å². The molecule has 0 amide bonds. The lowest BCUT2D eigenvalue weighted by molar-refractivity contribution is 0.0984. The van der Waals surface area contributed by atoms with Crippen LogP contribution in [0.5, 0.6) is 0 Å². The predicted molar refractivity (Wildman–Crippen MR) is 72.3 cm³/mol. The molecule has 1 atom stereocenters. The van der Waals surface area contributed by atoms with Crippen LogP contribution < -0.4 is 10.2 Å². The minimum Gasteiger partial charge on any atom is -0.377 e. The number of rotatable bonds is 3. The summed E-state index contributed by atoms with van der Waals surface area (Å²) >= 11 is 3.47. The van der Waals surface area contributed by atoms with Gasteiger partial charge in [0.1, 0.15) is 5.82 Å². The maximum Gasteiger partial charge on any atom is 0.133 e. The van der Waals surface area contributed by atoms with Gasteiger partial charge in [0.05, 0.1) is 19.3 Å². The molecule has 0 saturated carbocycles. The van der Waals surface area contributed by atoms with Gasteiger partial charge < -0.3 is 15.0 Å². The molecule has 1 fully saturated rings. The topological polar surface area (TPSA) is 37.4 Å². The quantitative estimate of drug-likeness (QED) is 0.923. The zero-order valence-corrected chi connectivity index (χ0v) is 11.8. The molecule has 4 nitrogen and oxygen atoms in total. The molecular formula is C12H18BrN3O. The van der Waals surface area contributed by atoms with Gasteiger partial charge in [0, 0.05) is 29.3 Å². The second-order valence-corrected chi connectivity index (χ2v) is 5.20. The van der Waals surface area contributed by atoms with Gasteiger partial charge in [-0.05, 0) is 36.0 Å². The standard InChI is InChI=1S/C12H18BrN3O/c1-9-8-17-4-3-16(9)12-10(6-14-2)5-11(13)7-15-12/h5,7,9,14H,3-4,6,8H2,1-2H3. The van der Waals surface area contributed by atoms with Gasteiger partial charge in [-0.3, -0.25) is 0 Å². The highest BCUT2D eigenvalue weighted by Gasteiger charge is 2.22. The van der Waals surface area contributed by atoms with E-state index in [-0.39, 0.29) is 0 Å². The van der Waals surface area contributed by atoms with Crippen molar-refractivity contribution in [1.29, 1.82) is 0 Å². The molecule has 0 radical (unpaired) electrons. The van der Waals surface area contributed by atoms with Crippen LogP contribution in [0.15, 0.2) is 16.7 Å². The van der Waals surface area contributed by atoms with Crippen LogP contribution in [0, 0.1) is 0 Å². The summed E-state index contributed by atoms with van der Waals surface area (Å²) in [6, 6.07) is 2.51. The van der Waals surface area contributed by atoms with Gasteiger partial charge in [-0.1, -0.05) is 0 Å². The first kappa shape index (κ1) is 12.8. The van der Waals surface area contributed by atoms with Crippen molar-refractivity contribution in [3.63, 3.8) is 0 Å². The maximum atomic E-state index is 5.46. The molecule has 1 aromatic rings. The van der Waals surface area contributed by atoms with Crippen molar-refractivity contribution in [2.75, 3.05) is 31.7 Å². The molecule has 2 rings (SSSR count). The van der Waals surface area contributed by atoms with Gasteiger partial charge >= 0.3 is 0 Å². The highest BCUT2D eigenvalue weighted by atomic mass is 79.9. The van der Waals surface area contributed by atoms with Gasteiger partial charge in [-0.25, -0.2) is 4.98 Å². The Morgan fingerprint density at radius 3 is 3.18 bits per heavy atom. The fraction of sp³-hybridized carbons (Fsp3) is 0.583. The summed E-state index contributed by atoms with van der Waals surface area (Å²) in [5, 5.41) is 3.19. The summed E-state index contributed by atoms with van der Waals surface area (Å²) in [7, 11) is 1.95. The van der Waals surface area contributed by atoms with Gasteiger partial charge in [0.15, 0.2) is 0 Å². The smallest absolute Gasteiger partial charge is 0.133 e. The van der Waals surface area contributed by atoms with Gasteiger partial charge in [-0.15, -0.1) is 0 Å². The molecular weight excluding hydrogens is 282 g/mol. The van der Waals surface area contributed by atoms with Crippen molar-refractivity contribution >= 4 is 21.7 Å². The Labute approximate surface area is 110 Å². The molecule has 5 heteroatoms. The molecule has 17 heavy (non-hydrogen) atoms. The second kappa shape index (κ2) is 5.80. The first-order valence-electron chi connectivity index (χ1n) is 5.85. The Morgan fingerprint density at radius 2 is 2.47 bits per heavy atom. The number of hydrogen-bond acceptors (Lipinski definition) is 4. The van der Waals surface area contributed by atoms with Crippen molar-refractivity contribution in [2.45, 2.75) is 19.5 Å². The van der Waals surface area contributed by atoms with E-state index < -0.39 is 0 Å². The molecule has 0 aromatic carbocycles. The number of nitrogens with zero attached hydrogens (tertiary/aromatic N) is 2. The van der Waals surface area contributed by atoms with E-state index in [2.05, 4.69) is 44.1 Å². The minimum absolute atomic E-state index is 0.382. The highest BCUT2D eigenvalue weighted by Crippen LogP contribution is 2.24. The summed E-state index contributed by atoms with van der Waals surface area (Å²) in [6.07, 6.45) is 1.86. The summed E-state index contributed by atoms with van der Waals surface area (Å²) < 4.78 is 6.48. The first-order chi connectivity index (χ1) is 8.22. The van der Waals surface area contributed by atoms with Gasteiger partial charge in [0.25, 0.3) is 0 Å². The predicted octanol–water partition coefficient (Wildman–Crippen LogP) is 1.79. The Hall–Kier alpha value is -0.650. The van der Waals surface area contributed by atoms with Crippen LogP contribution in [0.2, 0.25) is 0 Å². The van der Waals surface area contributed by atoms with E-state index in [1.54, 1.807) is 0 Å². The summed E-state index contributed by atoms with van der Waals surface area (Å²) in [5.74, 6) is 1.07. The number of nitrogens with one attached hydrogen (secondary N) is 1. The fourth-order valence-corrected chi connectivity index (χ4v) is 2.47. The van der Waals surface area contributed by atoms with Crippen molar-refractivity contribution in [3.8, 4) is 0 Å². The molecule has 94 valence electrons. The normalized spacial score (nSPS) is 20.6. The molecule has 1 aliphatic rings. The van der Waals surface area contributed by atoms with Gasteiger partial charge in [0.2, 0.25) is 0 Å². The lowest BCUT2D eigenvalue weighted by Gasteiger charge is -2.35. The third-order valence-corrected chi connectivity index (χ3v) is 3.35. The van der Waals surface area contributed by atoms with Crippen LogP contribution >= 0.6 is 15.9 Å². The highest BCUT2D eigenvalue weighted by molar-refractivity contribution is 9.10. The lowest BCUT2D eigenvalue weighted by atomic mass is 10.2. The van der Waals surface area contributed by atoms with Crippen LogP contribution in [0.1, 0.15) is 12.5 Å². The number of morpholine rings is 1. The van der Waals surface area contributed by atoms with E-state index in [0.29, 0.717) is 6.04 Å². The fourth-order valence-electron chi connectivity index (χ4n) is 2.09. The maximum absolute atomic E-state index is 5.46. The average Bonchev–Trinajstić information content (AvgIpc) is 2.31. The summed E-state index contributed by atoms with van der Waals surface area (Å²) in [5.41, 5.74) is 1.22. The average molecular weight is 300 g/mol. The number of aromatic nitrogens is 1. The molecule has 1 saturated heterocycles. The number of pyridine rings is 1. The molecule has 2 heterocycles. The third kappa shape index (κ3) is 2.97. The Kier molecular flexibility index (Phi) is 4.36. The number of ether oxygens (including phenoxy) is 1. The van der Waals surface area contributed by atoms with E-state index in [1.165, 1.54) is 5.56 Å². The number of hydrogen-bond donors (Lipinski definition) is 1. The SMILES string of the molecule is CNCc1cc(Br)cnc1N1CCOCC1C. The molecule has 0 aliphatic carbocycles. The van der Waals surface area contributed by atoms with Crippen LogP contribution in [-0.2, 0) is 11.3 Å². The van der Waals surface area contributed by atoms with E-state index in [4.69, 9.17) is 4.74 Å². The van der Waals surface area contributed by atoms with Crippen LogP contribution in [-0.4, -0.2) is 37.8 Å². The molecule has 0 spiro atoms. The molecule has 1 unspecified atom stereocenters. The van der Waals surface area contributed by atoms with E-state index in [0.717, 1.165) is 36.6 Å². The van der Waals surface area contributed by atoms with E-state index in [9.17, 15) is 0 Å². The summed E-state index contributed by atoms with van der Waals surface area (Å²) in [6.45, 7) is 5.46. The second-order valence-electron chi connectivity index (χ2n) is 4.28. The third-order valence-electron chi connectivity index (χ3n) is 2.92. The van der Waals surface area contributed by atoms with Crippen LogP contribution in [0.3, 0.4) is 0 Å². The monoisotopic (exact) mass is 299 g/mol. The van der Waals surface area contributed by atoms with Crippen molar-refractivity contribution in [1.82, 2.24) is 10.3 Å². The lowest BCUT2D eigenvalue weighted by Crippen LogP contribution is -2.44. The zero-order chi connectivity index (χ0) is 12.3. The Morgan fingerprint density at radius 1 is 1.65 bits per heavy atom. The molecule has 0 bridgehead atoms. The molecule has 1 aromatic heterocycles. The van der Waals surface area contributed by atoms with E-state index >= 15 is 0 Å². The Bertz CT molecular complexity index is 386. The van der Waals surface area contributed by atoms with Crippen LogP contribution in [0.4, 0.5) is 5.82 Å². The van der Waals surface area contributed by atoms with Crippen molar-refractivity contribution in [3.05, 3.63) is 22.3 Å². The molecule has 1 aliphatic heterocycles. The molecule has 1 N–H and O–H groups in total. The first-order valence-corrected chi connectivity index (χ1v) is 6.65. The van der Waals surface area contributed by atoms with E-state index in [1.807, 2.05) is 13.2 Å². The number of halogens is 1. The zero-order valence-electron chi connectivity index (χ0n) is 10.2.